The van der Waals surface area contributed by atoms with Gasteiger partial charge in [0.1, 0.15) is 0 Å². The smallest absolute Gasteiger partial charge is 0.0601 e. The summed E-state index contributed by atoms with van der Waals surface area (Å²) in [4.78, 5) is 2.45. The minimum atomic E-state index is 0.462. The third-order valence-corrected chi connectivity index (χ3v) is 4.03. The Morgan fingerprint density at radius 3 is 2.68 bits per heavy atom. The van der Waals surface area contributed by atoms with E-state index in [1.54, 1.807) is 0 Å². The van der Waals surface area contributed by atoms with Crippen molar-refractivity contribution in [3.05, 3.63) is 35.9 Å². The van der Waals surface area contributed by atoms with E-state index in [0.29, 0.717) is 12.0 Å². The van der Waals surface area contributed by atoms with Crippen LogP contribution in [0.15, 0.2) is 30.3 Å². The van der Waals surface area contributed by atoms with Gasteiger partial charge in [-0.25, -0.2) is 0 Å². The lowest BCUT2D eigenvalue weighted by atomic mass is 9.90. The normalized spacial score (nSPS) is 24.1. The Bertz CT molecular complexity index is 363. The molecule has 2 rings (SSSR count). The lowest BCUT2D eigenvalue weighted by Crippen LogP contribution is -2.35. The molecule has 1 aromatic rings. The van der Waals surface area contributed by atoms with E-state index in [-0.39, 0.29) is 0 Å². The summed E-state index contributed by atoms with van der Waals surface area (Å²) in [6.45, 7) is 7.69. The quantitative estimate of drug-likeness (QED) is 0.803. The van der Waals surface area contributed by atoms with Gasteiger partial charge in [0.25, 0.3) is 0 Å². The second kappa shape index (κ2) is 7.06. The van der Waals surface area contributed by atoms with E-state index in [1.807, 2.05) is 0 Å². The maximum absolute atomic E-state index is 5.85. The van der Waals surface area contributed by atoms with E-state index in [1.165, 1.54) is 24.9 Å². The van der Waals surface area contributed by atoms with Crippen LogP contribution in [0.3, 0.4) is 0 Å². The van der Waals surface area contributed by atoms with Crippen molar-refractivity contribution in [2.24, 2.45) is 11.8 Å². The van der Waals surface area contributed by atoms with Crippen LogP contribution in [-0.4, -0.2) is 31.2 Å². The molecule has 0 spiro atoms. The summed E-state index contributed by atoms with van der Waals surface area (Å²) in [5.74, 6) is 1.43. The van der Waals surface area contributed by atoms with Crippen LogP contribution in [0.2, 0.25) is 0 Å². The van der Waals surface area contributed by atoms with Crippen molar-refractivity contribution in [3.8, 4) is 0 Å². The number of ether oxygens (including phenoxy) is 1. The lowest BCUT2D eigenvalue weighted by Gasteiger charge is -2.34. The second-order valence-corrected chi connectivity index (χ2v) is 6.23. The topological polar surface area (TPSA) is 12.5 Å². The second-order valence-electron chi connectivity index (χ2n) is 6.23. The van der Waals surface area contributed by atoms with Gasteiger partial charge in [-0.1, -0.05) is 44.2 Å². The highest BCUT2D eigenvalue weighted by atomic mass is 16.5. The Labute approximate surface area is 117 Å². The first kappa shape index (κ1) is 14.5. The lowest BCUT2D eigenvalue weighted by molar-refractivity contribution is -0.0389. The molecule has 0 bridgehead atoms. The average Bonchev–Trinajstić information content (AvgIpc) is 2.40. The molecule has 0 saturated carbocycles. The first-order valence-corrected chi connectivity index (χ1v) is 7.49. The van der Waals surface area contributed by atoms with Gasteiger partial charge in [0.05, 0.1) is 6.10 Å². The predicted molar refractivity (Wildman–Crippen MR) is 80.1 cm³/mol. The number of hydrogen-bond donors (Lipinski definition) is 0. The zero-order valence-corrected chi connectivity index (χ0v) is 12.5. The van der Waals surface area contributed by atoms with Gasteiger partial charge in [-0.2, -0.15) is 0 Å². The van der Waals surface area contributed by atoms with Crippen LogP contribution < -0.4 is 0 Å². The van der Waals surface area contributed by atoms with Crippen LogP contribution in [-0.2, 0) is 11.3 Å². The SMILES string of the molecule is CC(C)[C@H]1C[C@@H](CN(C)Cc2ccccc2)CCO1. The highest BCUT2D eigenvalue weighted by Gasteiger charge is 2.25. The van der Waals surface area contributed by atoms with E-state index in [0.717, 1.165) is 19.1 Å². The molecule has 0 radical (unpaired) electrons. The van der Waals surface area contributed by atoms with Gasteiger partial charge in [-0.05, 0) is 37.3 Å². The first-order chi connectivity index (χ1) is 9.15. The van der Waals surface area contributed by atoms with Crippen molar-refractivity contribution >= 4 is 0 Å². The molecule has 1 aromatic carbocycles. The molecular weight excluding hydrogens is 234 g/mol. The zero-order valence-electron chi connectivity index (χ0n) is 12.5. The highest BCUT2D eigenvalue weighted by molar-refractivity contribution is 5.14. The summed E-state index contributed by atoms with van der Waals surface area (Å²) in [5.41, 5.74) is 1.40. The molecule has 0 unspecified atom stereocenters. The molecule has 1 saturated heterocycles. The van der Waals surface area contributed by atoms with Crippen LogP contribution in [0.4, 0.5) is 0 Å². The van der Waals surface area contributed by atoms with E-state index in [4.69, 9.17) is 4.74 Å². The number of hydrogen-bond acceptors (Lipinski definition) is 2. The summed E-state index contributed by atoms with van der Waals surface area (Å²) in [6, 6.07) is 10.7. The Balaban J connectivity index is 1.80. The fourth-order valence-corrected chi connectivity index (χ4v) is 2.93. The summed E-state index contributed by atoms with van der Waals surface area (Å²) in [7, 11) is 2.23. The van der Waals surface area contributed by atoms with Gasteiger partial charge >= 0.3 is 0 Å². The Morgan fingerprint density at radius 1 is 1.26 bits per heavy atom. The fourth-order valence-electron chi connectivity index (χ4n) is 2.93. The number of rotatable bonds is 5. The van der Waals surface area contributed by atoms with Crippen molar-refractivity contribution < 1.29 is 4.74 Å². The summed E-state index contributed by atoms with van der Waals surface area (Å²) in [5, 5.41) is 0. The maximum Gasteiger partial charge on any atom is 0.0601 e. The van der Waals surface area contributed by atoms with Crippen molar-refractivity contribution in [1.82, 2.24) is 4.90 Å². The molecule has 0 N–H and O–H groups in total. The van der Waals surface area contributed by atoms with Crippen molar-refractivity contribution in [2.75, 3.05) is 20.2 Å². The monoisotopic (exact) mass is 261 g/mol. The minimum Gasteiger partial charge on any atom is -0.378 e. The molecule has 19 heavy (non-hydrogen) atoms. The summed E-state index contributed by atoms with van der Waals surface area (Å²) >= 11 is 0. The maximum atomic E-state index is 5.85. The molecule has 0 aromatic heterocycles. The molecule has 2 nitrogen and oxygen atoms in total. The van der Waals surface area contributed by atoms with Crippen LogP contribution in [0.25, 0.3) is 0 Å². The Morgan fingerprint density at radius 2 is 2.00 bits per heavy atom. The van der Waals surface area contributed by atoms with E-state index in [9.17, 15) is 0 Å². The minimum absolute atomic E-state index is 0.462. The van der Waals surface area contributed by atoms with Gasteiger partial charge in [-0.15, -0.1) is 0 Å². The van der Waals surface area contributed by atoms with Gasteiger partial charge in [0.2, 0.25) is 0 Å². The molecule has 1 fully saturated rings. The molecule has 0 amide bonds. The summed E-state index contributed by atoms with van der Waals surface area (Å²) < 4.78 is 5.85. The molecule has 106 valence electrons. The van der Waals surface area contributed by atoms with E-state index < -0.39 is 0 Å². The molecule has 0 aliphatic carbocycles. The molecule has 2 atom stereocenters. The molecule has 1 aliphatic heterocycles. The largest absolute Gasteiger partial charge is 0.378 e. The fraction of sp³-hybridized carbons (Fsp3) is 0.647. The molecule has 2 heteroatoms. The van der Waals surface area contributed by atoms with Crippen molar-refractivity contribution in [3.63, 3.8) is 0 Å². The molecular formula is C17H27NO. The third-order valence-electron chi connectivity index (χ3n) is 4.03. The standard InChI is InChI=1S/C17H27NO/c1-14(2)17-11-16(9-10-19-17)13-18(3)12-15-7-5-4-6-8-15/h4-8,14,16-17H,9-13H2,1-3H3/t16-,17+/m0/s1. The Hall–Kier alpha value is -0.860. The van der Waals surface area contributed by atoms with Crippen LogP contribution in [0.5, 0.6) is 0 Å². The van der Waals surface area contributed by atoms with Gasteiger partial charge in [0.15, 0.2) is 0 Å². The van der Waals surface area contributed by atoms with Crippen LogP contribution in [0, 0.1) is 11.8 Å². The Kier molecular flexibility index (Phi) is 5.41. The first-order valence-electron chi connectivity index (χ1n) is 7.49. The third kappa shape index (κ3) is 4.63. The molecule has 1 heterocycles. The predicted octanol–water partition coefficient (Wildman–Crippen LogP) is 3.57. The molecule has 1 aliphatic rings. The number of nitrogens with zero attached hydrogens (tertiary/aromatic N) is 1. The zero-order chi connectivity index (χ0) is 13.7. The van der Waals surface area contributed by atoms with Gasteiger partial charge in [0, 0.05) is 19.7 Å². The van der Waals surface area contributed by atoms with Crippen LogP contribution >= 0.6 is 0 Å². The van der Waals surface area contributed by atoms with Crippen molar-refractivity contribution in [1.29, 1.82) is 0 Å². The van der Waals surface area contributed by atoms with Gasteiger partial charge < -0.3 is 9.64 Å². The average molecular weight is 261 g/mol. The summed E-state index contributed by atoms with van der Waals surface area (Å²) in [6.07, 6.45) is 2.89. The van der Waals surface area contributed by atoms with E-state index >= 15 is 0 Å². The van der Waals surface area contributed by atoms with Gasteiger partial charge in [-0.3, -0.25) is 0 Å². The van der Waals surface area contributed by atoms with Crippen molar-refractivity contribution in [2.45, 2.75) is 39.3 Å². The van der Waals surface area contributed by atoms with Crippen LogP contribution in [0.1, 0.15) is 32.3 Å². The van der Waals surface area contributed by atoms with E-state index in [2.05, 4.69) is 56.1 Å². The highest BCUT2D eigenvalue weighted by Crippen LogP contribution is 2.25. The number of benzene rings is 1.